The molecule has 1 atom stereocenters. The standard InChI is InChI=1S/C11H22Si/c1-10(11(2,3)4)8-7-9-12(5)6/h10,12H,8H2,1-6H3. The van der Waals surface area contributed by atoms with E-state index in [2.05, 4.69) is 52.3 Å². The quantitative estimate of drug-likeness (QED) is 0.432. The topological polar surface area (TPSA) is 0 Å². The maximum Gasteiger partial charge on any atom is 0.116 e. The molecule has 0 saturated heterocycles. The molecule has 0 nitrogen and oxygen atoms in total. The molecule has 12 heavy (non-hydrogen) atoms. The highest BCUT2D eigenvalue weighted by molar-refractivity contribution is 6.64. The van der Waals surface area contributed by atoms with Crippen LogP contribution < -0.4 is 0 Å². The number of hydrogen-bond acceptors (Lipinski definition) is 0. The molecule has 0 aromatic heterocycles. The molecule has 0 rings (SSSR count). The lowest BCUT2D eigenvalue weighted by Gasteiger charge is -2.25. The highest BCUT2D eigenvalue weighted by atomic mass is 28.3. The lowest BCUT2D eigenvalue weighted by atomic mass is 9.80. The van der Waals surface area contributed by atoms with E-state index in [0.29, 0.717) is 11.3 Å². The van der Waals surface area contributed by atoms with Crippen molar-refractivity contribution in [1.29, 1.82) is 0 Å². The Morgan fingerprint density at radius 1 is 1.25 bits per heavy atom. The van der Waals surface area contributed by atoms with Crippen LogP contribution in [0.25, 0.3) is 0 Å². The Balaban J connectivity index is 3.90. The highest BCUT2D eigenvalue weighted by Gasteiger charge is 2.18. The fourth-order valence-electron chi connectivity index (χ4n) is 0.722. The second-order valence-electron chi connectivity index (χ2n) is 4.95. The van der Waals surface area contributed by atoms with Crippen molar-refractivity contribution in [2.45, 2.75) is 47.2 Å². The van der Waals surface area contributed by atoms with Gasteiger partial charge in [-0.25, -0.2) is 0 Å². The van der Waals surface area contributed by atoms with Crippen molar-refractivity contribution < 1.29 is 0 Å². The zero-order valence-corrected chi connectivity index (χ0v) is 10.5. The third-order valence-electron chi connectivity index (χ3n) is 2.28. The first-order valence-corrected chi connectivity index (χ1v) is 7.71. The van der Waals surface area contributed by atoms with E-state index in [0.717, 1.165) is 6.42 Å². The minimum absolute atomic E-state index is 0.410. The van der Waals surface area contributed by atoms with Gasteiger partial charge in [0.1, 0.15) is 8.80 Å². The van der Waals surface area contributed by atoms with E-state index in [-0.39, 0.29) is 0 Å². The van der Waals surface area contributed by atoms with Gasteiger partial charge in [0.2, 0.25) is 0 Å². The monoisotopic (exact) mass is 182 g/mol. The van der Waals surface area contributed by atoms with Gasteiger partial charge in [0.15, 0.2) is 0 Å². The van der Waals surface area contributed by atoms with Crippen LogP contribution >= 0.6 is 0 Å². The van der Waals surface area contributed by atoms with Gasteiger partial charge in [0, 0.05) is 6.42 Å². The van der Waals surface area contributed by atoms with E-state index < -0.39 is 8.80 Å². The van der Waals surface area contributed by atoms with Crippen LogP contribution in [0.1, 0.15) is 34.1 Å². The van der Waals surface area contributed by atoms with Gasteiger partial charge in [-0.2, -0.15) is 0 Å². The second-order valence-corrected chi connectivity index (χ2v) is 7.55. The normalized spacial score (nSPS) is 13.9. The molecule has 0 aliphatic heterocycles. The Labute approximate surface area is 79.4 Å². The molecule has 1 heteroatoms. The maximum atomic E-state index is 3.34. The summed E-state index contributed by atoms with van der Waals surface area (Å²) < 4.78 is 0. The van der Waals surface area contributed by atoms with Gasteiger partial charge in [-0.1, -0.05) is 40.8 Å². The Bertz CT molecular complexity index is 175. The van der Waals surface area contributed by atoms with Crippen molar-refractivity contribution in [2.75, 3.05) is 0 Å². The first kappa shape index (κ1) is 11.8. The Morgan fingerprint density at radius 2 is 1.75 bits per heavy atom. The van der Waals surface area contributed by atoms with Crippen LogP contribution in [0.3, 0.4) is 0 Å². The van der Waals surface area contributed by atoms with E-state index >= 15 is 0 Å². The molecule has 0 aliphatic carbocycles. The van der Waals surface area contributed by atoms with Gasteiger partial charge in [-0.05, 0) is 11.3 Å². The average molecular weight is 182 g/mol. The SMILES string of the molecule is CC(CC#C[SiH](C)C)C(C)(C)C. The molecule has 1 unspecified atom stereocenters. The summed E-state index contributed by atoms with van der Waals surface area (Å²) in [5, 5.41) is 0. The third-order valence-corrected chi connectivity index (χ3v) is 3.06. The van der Waals surface area contributed by atoms with E-state index in [1.807, 2.05) is 0 Å². The fraction of sp³-hybridized carbons (Fsp3) is 0.818. The summed E-state index contributed by atoms with van der Waals surface area (Å²) in [6.45, 7) is 13.7. The summed E-state index contributed by atoms with van der Waals surface area (Å²) in [6, 6.07) is 0. The van der Waals surface area contributed by atoms with Crippen LogP contribution in [0.2, 0.25) is 13.1 Å². The second kappa shape index (κ2) is 4.72. The van der Waals surface area contributed by atoms with Crippen molar-refractivity contribution in [2.24, 2.45) is 11.3 Å². The number of rotatable bonds is 1. The molecule has 0 aliphatic rings. The predicted molar refractivity (Wildman–Crippen MR) is 59.9 cm³/mol. The summed E-state index contributed by atoms with van der Waals surface area (Å²) >= 11 is 0. The van der Waals surface area contributed by atoms with Crippen LogP contribution in [-0.4, -0.2) is 8.80 Å². The van der Waals surface area contributed by atoms with Crippen LogP contribution in [0.15, 0.2) is 0 Å². The molecular weight excluding hydrogens is 160 g/mol. The van der Waals surface area contributed by atoms with Gasteiger partial charge in [0.05, 0.1) is 0 Å². The first-order valence-electron chi connectivity index (χ1n) is 4.82. The molecule has 0 amide bonds. The van der Waals surface area contributed by atoms with Crippen molar-refractivity contribution in [3.05, 3.63) is 0 Å². The Hall–Kier alpha value is -0.223. The van der Waals surface area contributed by atoms with Crippen molar-refractivity contribution in [1.82, 2.24) is 0 Å². The molecule has 0 aromatic carbocycles. The molecule has 0 aromatic rings. The summed E-state index contributed by atoms with van der Waals surface area (Å²) in [5.41, 5.74) is 3.75. The van der Waals surface area contributed by atoms with Crippen LogP contribution in [0.5, 0.6) is 0 Å². The van der Waals surface area contributed by atoms with Gasteiger partial charge < -0.3 is 0 Å². The summed E-state index contributed by atoms with van der Waals surface area (Å²) in [6.07, 6.45) is 1.06. The smallest absolute Gasteiger partial charge is 0.116 e. The molecule has 0 N–H and O–H groups in total. The van der Waals surface area contributed by atoms with Crippen molar-refractivity contribution in [3.63, 3.8) is 0 Å². The Kier molecular flexibility index (Phi) is 4.63. The predicted octanol–water partition coefficient (Wildman–Crippen LogP) is 3.09. The lowest BCUT2D eigenvalue weighted by molar-refractivity contribution is 0.267. The first-order chi connectivity index (χ1) is 5.34. The molecular formula is C11H22Si. The minimum atomic E-state index is -0.645. The van der Waals surface area contributed by atoms with Crippen LogP contribution in [0.4, 0.5) is 0 Å². The molecule has 0 bridgehead atoms. The van der Waals surface area contributed by atoms with Crippen LogP contribution in [0, 0.1) is 22.8 Å². The van der Waals surface area contributed by atoms with E-state index in [1.165, 1.54) is 0 Å². The van der Waals surface area contributed by atoms with E-state index in [1.54, 1.807) is 0 Å². The summed E-state index contributed by atoms with van der Waals surface area (Å²) in [7, 11) is -0.645. The summed E-state index contributed by atoms with van der Waals surface area (Å²) in [4.78, 5) is 0. The van der Waals surface area contributed by atoms with Gasteiger partial charge >= 0.3 is 0 Å². The van der Waals surface area contributed by atoms with Crippen molar-refractivity contribution >= 4 is 8.80 Å². The van der Waals surface area contributed by atoms with E-state index in [9.17, 15) is 0 Å². The Morgan fingerprint density at radius 3 is 2.08 bits per heavy atom. The molecule has 0 heterocycles. The molecule has 0 fully saturated rings. The van der Waals surface area contributed by atoms with Gasteiger partial charge in [-0.3, -0.25) is 0 Å². The third kappa shape index (κ3) is 5.43. The van der Waals surface area contributed by atoms with Gasteiger partial charge in [0.25, 0.3) is 0 Å². The fourth-order valence-corrected chi connectivity index (χ4v) is 1.25. The van der Waals surface area contributed by atoms with Crippen molar-refractivity contribution in [3.8, 4) is 11.5 Å². The maximum absolute atomic E-state index is 3.34. The van der Waals surface area contributed by atoms with E-state index in [4.69, 9.17) is 0 Å². The highest BCUT2D eigenvalue weighted by Crippen LogP contribution is 2.27. The van der Waals surface area contributed by atoms with Gasteiger partial charge in [-0.15, -0.1) is 11.5 Å². The number of hydrogen-bond donors (Lipinski definition) is 0. The molecule has 0 spiro atoms. The minimum Gasteiger partial charge on any atom is -0.136 e. The largest absolute Gasteiger partial charge is 0.136 e. The zero-order valence-electron chi connectivity index (χ0n) is 9.36. The molecule has 0 saturated carbocycles. The van der Waals surface area contributed by atoms with Crippen LogP contribution in [-0.2, 0) is 0 Å². The summed E-state index contributed by atoms with van der Waals surface area (Å²) in [5.74, 6) is 4.01. The average Bonchev–Trinajstić information content (AvgIpc) is 1.84. The molecule has 0 radical (unpaired) electrons. The zero-order chi connectivity index (χ0) is 9.78. The lowest BCUT2D eigenvalue weighted by Crippen LogP contribution is -2.16. The molecule has 70 valence electrons.